The zero-order chi connectivity index (χ0) is 11.2. The Hall–Kier alpha value is -1.02. The van der Waals surface area contributed by atoms with E-state index in [9.17, 15) is 0 Å². The first-order chi connectivity index (χ1) is 7.84. The zero-order valence-corrected chi connectivity index (χ0v) is 9.91. The van der Waals surface area contributed by atoms with Crippen LogP contribution in [0.4, 0.5) is 5.69 Å². The Bertz CT molecular complexity index is 316. The van der Waals surface area contributed by atoms with Gasteiger partial charge in [0.15, 0.2) is 0 Å². The minimum absolute atomic E-state index is 0.759. The first kappa shape index (κ1) is 11.5. The fourth-order valence-electron chi connectivity index (χ4n) is 2.48. The van der Waals surface area contributed by atoms with Crippen LogP contribution in [-0.4, -0.2) is 12.6 Å². The van der Waals surface area contributed by atoms with Crippen LogP contribution >= 0.6 is 0 Å². The standard InChI is InChI=1S/C14H22N2/c15-13-6-4-5-12(11-13)9-10-16-14-7-2-1-3-8-14/h4-6,11,14,16H,1-3,7-10,15H2. The summed E-state index contributed by atoms with van der Waals surface area (Å²) in [5.74, 6) is 0. The summed E-state index contributed by atoms with van der Waals surface area (Å²) in [6.07, 6.45) is 8.02. The molecule has 0 unspecified atom stereocenters. The second-order valence-electron chi connectivity index (χ2n) is 4.78. The van der Waals surface area contributed by atoms with Gasteiger partial charge in [0.05, 0.1) is 0 Å². The van der Waals surface area contributed by atoms with Crippen molar-refractivity contribution in [3.8, 4) is 0 Å². The van der Waals surface area contributed by atoms with Crippen molar-refractivity contribution < 1.29 is 0 Å². The zero-order valence-electron chi connectivity index (χ0n) is 9.91. The molecule has 0 amide bonds. The van der Waals surface area contributed by atoms with Gasteiger partial charge in [-0.3, -0.25) is 0 Å². The molecule has 2 rings (SSSR count). The minimum Gasteiger partial charge on any atom is -0.399 e. The van der Waals surface area contributed by atoms with Crippen LogP contribution in [0.2, 0.25) is 0 Å². The SMILES string of the molecule is Nc1cccc(CCNC2CCCCC2)c1. The molecule has 0 heterocycles. The van der Waals surface area contributed by atoms with E-state index in [-0.39, 0.29) is 0 Å². The van der Waals surface area contributed by atoms with Crippen molar-refractivity contribution >= 4 is 5.69 Å². The Morgan fingerprint density at radius 1 is 1.19 bits per heavy atom. The number of rotatable bonds is 4. The van der Waals surface area contributed by atoms with Gasteiger partial charge < -0.3 is 11.1 Å². The Morgan fingerprint density at radius 2 is 2.00 bits per heavy atom. The maximum absolute atomic E-state index is 5.75. The average molecular weight is 218 g/mol. The third-order valence-electron chi connectivity index (χ3n) is 3.40. The van der Waals surface area contributed by atoms with Gasteiger partial charge in [0.2, 0.25) is 0 Å². The molecule has 1 aromatic carbocycles. The molecule has 0 bridgehead atoms. The third kappa shape index (κ3) is 3.53. The molecule has 2 heteroatoms. The quantitative estimate of drug-likeness (QED) is 0.763. The molecule has 2 nitrogen and oxygen atoms in total. The highest BCUT2D eigenvalue weighted by atomic mass is 14.9. The maximum atomic E-state index is 5.75. The van der Waals surface area contributed by atoms with E-state index >= 15 is 0 Å². The molecule has 0 spiro atoms. The van der Waals surface area contributed by atoms with Crippen molar-refractivity contribution in [2.24, 2.45) is 0 Å². The molecule has 0 aliphatic heterocycles. The molecule has 1 saturated carbocycles. The van der Waals surface area contributed by atoms with E-state index in [2.05, 4.69) is 17.4 Å². The Kier molecular flexibility index (Phi) is 4.23. The fraction of sp³-hybridized carbons (Fsp3) is 0.571. The second-order valence-corrected chi connectivity index (χ2v) is 4.78. The summed E-state index contributed by atoms with van der Waals surface area (Å²) in [6.45, 7) is 1.08. The lowest BCUT2D eigenvalue weighted by atomic mass is 9.95. The average Bonchev–Trinajstić information content (AvgIpc) is 2.30. The van der Waals surface area contributed by atoms with Crippen LogP contribution in [0.5, 0.6) is 0 Å². The van der Waals surface area contributed by atoms with Crippen LogP contribution in [0.3, 0.4) is 0 Å². The van der Waals surface area contributed by atoms with Gasteiger partial charge in [0.25, 0.3) is 0 Å². The van der Waals surface area contributed by atoms with E-state index in [0.717, 1.165) is 24.7 Å². The summed E-state index contributed by atoms with van der Waals surface area (Å²) < 4.78 is 0. The number of nitrogen functional groups attached to an aromatic ring is 1. The van der Waals surface area contributed by atoms with Gasteiger partial charge in [-0.1, -0.05) is 31.4 Å². The van der Waals surface area contributed by atoms with Gasteiger partial charge in [0, 0.05) is 11.7 Å². The molecule has 0 atom stereocenters. The Morgan fingerprint density at radius 3 is 2.75 bits per heavy atom. The molecule has 0 saturated heterocycles. The highest BCUT2D eigenvalue weighted by Crippen LogP contribution is 2.17. The molecule has 0 radical (unpaired) electrons. The molecular weight excluding hydrogens is 196 g/mol. The normalized spacial score (nSPS) is 17.5. The minimum atomic E-state index is 0.759. The van der Waals surface area contributed by atoms with E-state index in [1.54, 1.807) is 0 Å². The number of nitrogens with one attached hydrogen (secondary N) is 1. The molecular formula is C14H22N2. The van der Waals surface area contributed by atoms with Crippen molar-refractivity contribution in [1.82, 2.24) is 5.32 Å². The third-order valence-corrected chi connectivity index (χ3v) is 3.40. The van der Waals surface area contributed by atoms with Crippen LogP contribution < -0.4 is 11.1 Å². The number of hydrogen-bond acceptors (Lipinski definition) is 2. The summed E-state index contributed by atoms with van der Waals surface area (Å²) in [5, 5.41) is 3.65. The summed E-state index contributed by atoms with van der Waals surface area (Å²) in [4.78, 5) is 0. The smallest absolute Gasteiger partial charge is 0.0316 e. The monoisotopic (exact) mass is 218 g/mol. The predicted molar refractivity (Wildman–Crippen MR) is 69.4 cm³/mol. The summed E-state index contributed by atoms with van der Waals surface area (Å²) in [5.41, 5.74) is 7.96. The Labute approximate surface area is 98.2 Å². The molecule has 3 N–H and O–H groups in total. The lowest BCUT2D eigenvalue weighted by Crippen LogP contribution is -2.32. The van der Waals surface area contributed by atoms with Gasteiger partial charge in [-0.25, -0.2) is 0 Å². The second kappa shape index (κ2) is 5.90. The van der Waals surface area contributed by atoms with Crippen LogP contribution in [0.15, 0.2) is 24.3 Å². The molecule has 0 aromatic heterocycles. The van der Waals surface area contributed by atoms with Crippen LogP contribution in [0.1, 0.15) is 37.7 Å². The highest BCUT2D eigenvalue weighted by molar-refractivity contribution is 5.40. The van der Waals surface area contributed by atoms with Crippen LogP contribution in [-0.2, 0) is 6.42 Å². The van der Waals surface area contributed by atoms with E-state index < -0.39 is 0 Å². The van der Waals surface area contributed by atoms with Crippen molar-refractivity contribution in [2.75, 3.05) is 12.3 Å². The largest absolute Gasteiger partial charge is 0.399 e. The van der Waals surface area contributed by atoms with Crippen LogP contribution in [0, 0.1) is 0 Å². The van der Waals surface area contributed by atoms with Gasteiger partial charge in [-0.2, -0.15) is 0 Å². The van der Waals surface area contributed by atoms with Crippen molar-refractivity contribution in [3.05, 3.63) is 29.8 Å². The molecule has 16 heavy (non-hydrogen) atoms. The molecule has 1 aliphatic carbocycles. The maximum Gasteiger partial charge on any atom is 0.0316 e. The van der Waals surface area contributed by atoms with Gasteiger partial charge in [0.1, 0.15) is 0 Å². The molecule has 1 fully saturated rings. The predicted octanol–water partition coefficient (Wildman–Crippen LogP) is 2.73. The van der Waals surface area contributed by atoms with Crippen molar-refractivity contribution in [2.45, 2.75) is 44.6 Å². The van der Waals surface area contributed by atoms with Crippen molar-refractivity contribution in [1.29, 1.82) is 0 Å². The number of benzene rings is 1. The van der Waals surface area contributed by atoms with E-state index in [4.69, 9.17) is 5.73 Å². The lowest BCUT2D eigenvalue weighted by molar-refractivity contribution is 0.375. The lowest BCUT2D eigenvalue weighted by Gasteiger charge is -2.22. The first-order valence-electron chi connectivity index (χ1n) is 6.42. The summed E-state index contributed by atoms with van der Waals surface area (Å²) >= 11 is 0. The number of anilines is 1. The first-order valence-corrected chi connectivity index (χ1v) is 6.42. The highest BCUT2D eigenvalue weighted by Gasteiger charge is 2.11. The van der Waals surface area contributed by atoms with E-state index in [0.29, 0.717) is 0 Å². The Balaban J connectivity index is 1.71. The van der Waals surface area contributed by atoms with E-state index in [1.807, 2.05) is 12.1 Å². The van der Waals surface area contributed by atoms with Gasteiger partial charge in [-0.15, -0.1) is 0 Å². The molecule has 1 aliphatic rings. The summed E-state index contributed by atoms with van der Waals surface area (Å²) in [6, 6.07) is 8.96. The summed E-state index contributed by atoms with van der Waals surface area (Å²) in [7, 11) is 0. The van der Waals surface area contributed by atoms with Crippen molar-refractivity contribution in [3.63, 3.8) is 0 Å². The van der Waals surface area contributed by atoms with E-state index in [1.165, 1.54) is 37.7 Å². The van der Waals surface area contributed by atoms with Gasteiger partial charge in [-0.05, 0) is 43.5 Å². The fourth-order valence-corrected chi connectivity index (χ4v) is 2.48. The number of nitrogens with two attached hydrogens (primary N) is 1. The molecule has 1 aromatic rings. The number of hydrogen-bond donors (Lipinski definition) is 2. The van der Waals surface area contributed by atoms with Crippen LogP contribution in [0.25, 0.3) is 0 Å². The topological polar surface area (TPSA) is 38.0 Å². The molecule has 88 valence electrons. The van der Waals surface area contributed by atoms with Gasteiger partial charge >= 0.3 is 0 Å².